The first kappa shape index (κ1) is 11.3. The summed E-state index contributed by atoms with van der Waals surface area (Å²) in [5.74, 6) is 0.855. The zero-order valence-electron chi connectivity index (χ0n) is 10.2. The predicted octanol–water partition coefficient (Wildman–Crippen LogP) is 2.40. The van der Waals surface area contributed by atoms with Gasteiger partial charge in [0.1, 0.15) is 5.75 Å². The molecule has 0 bridgehead atoms. The van der Waals surface area contributed by atoms with Gasteiger partial charge in [-0.15, -0.1) is 0 Å². The van der Waals surface area contributed by atoms with Crippen molar-refractivity contribution in [1.82, 2.24) is 4.98 Å². The number of nitrogens with one attached hydrogen (secondary N) is 1. The Hall–Kier alpha value is -1.81. The highest BCUT2D eigenvalue weighted by atomic mass is 16.5. The van der Waals surface area contributed by atoms with Gasteiger partial charge in [-0.3, -0.25) is 4.79 Å². The van der Waals surface area contributed by atoms with E-state index < -0.39 is 0 Å². The van der Waals surface area contributed by atoms with Crippen LogP contribution in [0.3, 0.4) is 0 Å². The second-order valence-corrected chi connectivity index (χ2v) is 4.51. The van der Waals surface area contributed by atoms with Crippen molar-refractivity contribution in [2.45, 2.75) is 6.42 Å². The number of fused-ring (bicyclic) bond motifs is 1. The van der Waals surface area contributed by atoms with Crippen LogP contribution in [0.2, 0.25) is 0 Å². The van der Waals surface area contributed by atoms with Crippen molar-refractivity contribution in [3.05, 3.63) is 30.0 Å². The van der Waals surface area contributed by atoms with E-state index in [4.69, 9.17) is 9.47 Å². The van der Waals surface area contributed by atoms with Gasteiger partial charge in [0, 0.05) is 29.8 Å². The van der Waals surface area contributed by atoms with Crippen molar-refractivity contribution in [1.29, 1.82) is 0 Å². The van der Waals surface area contributed by atoms with E-state index in [1.165, 1.54) is 0 Å². The van der Waals surface area contributed by atoms with Gasteiger partial charge in [-0.05, 0) is 18.6 Å². The molecule has 1 aromatic carbocycles. The summed E-state index contributed by atoms with van der Waals surface area (Å²) in [5.41, 5.74) is 1.63. The summed E-state index contributed by atoms with van der Waals surface area (Å²) in [6.45, 7) is 1.20. The molecule has 0 spiro atoms. The van der Waals surface area contributed by atoms with Crippen LogP contribution in [-0.2, 0) is 4.74 Å². The van der Waals surface area contributed by atoms with Gasteiger partial charge in [0.15, 0.2) is 5.78 Å². The molecule has 1 aromatic heterocycles. The first-order valence-electron chi connectivity index (χ1n) is 6.07. The van der Waals surface area contributed by atoms with E-state index in [-0.39, 0.29) is 11.7 Å². The normalized spacial score (nSPS) is 19.3. The maximum absolute atomic E-state index is 12.4. The Morgan fingerprint density at radius 2 is 2.39 bits per heavy atom. The lowest BCUT2D eigenvalue weighted by Gasteiger charge is -2.07. The maximum atomic E-state index is 12.4. The zero-order chi connectivity index (χ0) is 12.5. The fourth-order valence-corrected chi connectivity index (χ4v) is 2.48. The molecule has 18 heavy (non-hydrogen) atoms. The first-order chi connectivity index (χ1) is 8.81. The summed E-state index contributed by atoms with van der Waals surface area (Å²) in [6, 6.07) is 5.72. The molecule has 1 aliphatic rings. The number of ether oxygens (including phenoxy) is 2. The number of benzene rings is 1. The van der Waals surface area contributed by atoms with E-state index in [0.29, 0.717) is 18.8 Å². The van der Waals surface area contributed by atoms with Crippen LogP contribution in [-0.4, -0.2) is 31.1 Å². The van der Waals surface area contributed by atoms with Gasteiger partial charge >= 0.3 is 0 Å². The molecule has 4 heteroatoms. The highest BCUT2D eigenvalue weighted by Gasteiger charge is 2.27. The summed E-state index contributed by atoms with van der Waals surface area (Å²) in [5, 5.41) is 0.872. The van der Waals surface area contributed by atoms with Gasteiger partial charge < -0.3 is 14.5 Å². The minimum Gasteiger partial charge on any atom is -0.496 e. The monoisotopic (exact) mass is 245 g/mol. The van der Waals surface area contributed by atoms with Crippen LogP contribution >= 0.6 is 0 Å². The van der Waals surface area contributed by atoms with Crippen LogP contribution in [0.25, 0.3) is 10.9 Å². The van der Waals surface area contributed by atoms with Crippen LogP contribution in [0.15, 0.2) is 24.4 Å². The molecule has 3 rings (SSSR count). The number of H-pyrrole nitrogens is 1. The molecule has 94 valence electrons. The van der Waals surface area contributed by atoms with Crippen LogP contribution in [0.1, 0.15) is 16.8 Å². The Balaban J connectivity index is 2.08. The lowest BCUT2D eigenvalue weighted by atomic mass is 9.96. The Kier molecular flexibility index (Phi) is 2.80. The summed E-state index contributed by atoms with van der Waals surface area (Å²) in [6.07, 6.45) is 2.58. The van der Waals surface area contributed by atoms with Crippen molar-refractivity contribution >= 4 is 16.7 Å². The van der Waals surface area contributed by atoms with Gasteiger partial charge in [0.2, 0.25) is 0 Å². The molecule has 4 nitrogen and oxygen atoms in total. The van der Waals surface area contributed by atoms with Crippen molar-refractivity contribution in [2.24, 2.45) is 5.92 Å². The minimum absolute atomic E-state index is 0.0195. The van der Waals surface area contributed by atoms with Crippen molar-refractivity contribution < 1.29 is 14.3 Å². The number of aromatic nitrogens is 1. The highest BCUT2D eigenvalue weighted by molar-refractivity contribution is 6.11. The van der Waals surface area contributed by atoms with Gasteiger partial charge in [0.05, 0.1) is 19.1 Å². The molecule has 1 N–H and O–H groups in total. The Morgan fingerprint density at radius 1 is 1.50 bits per heavy atom. The number of aromatic amines is 1. The smallest absolute Gasteiger partial charge is 0.170 e. The van der Waals surface area contributed by atoms with Crippen molar-refractivity contribution in [2.75, 3.05) is 20.3 Å². The lowest BCUT2D eigenvalue weighted by Crippen LogP contribution is -2.14. The van der Waals surface area contributed by atoms with Gasteiger partial charge in [-0.25, -0.2) is 0 Å². The topological polar surface area (TPSA) is 51.3 Å². The number of ketones is 1. The summed E-state index contributed by atoms with van der Waals surface area (Å²) in [7, 11) is 1.62. The number of carbonyl (C=O) groups is 1. The third kappa shape index (κ3) is 1.69. The first-order valence-corrected chi connectivity index (χ1v) is 6.07. The van der Waals surface area contributed by atoms with E-state index in [0.717, 1.165) is 23.1 Å². The van der Waals surface area contributed by atoms with E-state index >= 15 is 0 Å². The quantitative estimate of drug-likeness (QED) is 0.845. The Bertz CT molecular complexity index is 582. The van der Waals surface area contributed by atoms with Gasteiger partial charge in [0.25, 0.3) is 0 Å². The Labute approximate surface area is 105 Å². The fourth-order valence-electron chi connectivity index (χ4n) is 2.48. The maximum Gasteiger partial charge on any atom is 0.170 e. The van der Waals surface area contributed by atoms with Crippen LogP contribution in [0.5, 0.6) is 5.75 Å². The highest BCUT2D eigenvalue weighted by Crippen LogP contribution is 2.31. The molecule has 1 fully saturated rings. The third-order valence-corrected chi connectivity index (χ3v) is 3.45. The predicted molar refractivity (Wildman–Crippen MR) is 68.1 cm³/mol. The van der Waals surface area contributed by atoms with Crippen molar-refractivity contribution in [3.63, 3.8) is 0 Å². The molecular formula is C14H15NO3. The standard InChI is InChI=1S/C14H15NO3/c1-17-12-4-2-3-11-13(12)10(7-15-11)14(16)9-5-6-18-8-9/h2-4,7,9,15H,5-6,8H2,1H3. The molecule has 0 aliphatic carbocycles. The van der Waals surface area contributed by atoms with Crippen LogP contribution in [0.4, 0.5) is 0 Å². The SMILES string of the molecule is COc1cccc2[nH]cc(C(=O)C3CCOC3)c12. The van der Waals surface area contributed by atoms with E-state index in [1.54, 1.807) is 13.3 Å². The number of Topliss-reactive ketones (excluding diaryl/α,β-unsaturated/α-hetero) is 1. The number of hydrogen-bond acceptors (Lipinski definition) is 3. The largest absolute Gasteiger partial charge is 0.496 e. The average molecular weight is 245 g/mol. The molecule has 0 amide bonds. The summed E-state index contributed by atoms with van der Waals surface area (Å²) < 4.78 is 10.6. The van der Waals surface area contributed by atoms with Crippen molar-refractivity contribution in [3.8, 4) is 5.75 Å². The van der Waals surface area contributed by atoms with E-state index in [2.05, 4.69) is 4.98 Å². The molecule has 1 atom stereocenters. The van der Waals surface area contributed by atoms with Crippen LogP contribution in [0, 0.1) is 5.92 Å². The minimum atomic E-state index is -0.0195. The summed E-state index contributed by atoms with van der Waals surface area (Å²) >= 11 is 0. The zero-order valence-corrected chi connectivity index (χ0v) is 10.2. The van der Waals surface area contributed by atoms with Crippen LogP contribution < -0.4 is 4.74 Å². The second-order valence-electron chi connectivity index (χ2n) is 4.51. The molecular weight excluding hydrogens is 230 g/mol. The third-order valence-electron chi connectivity index (χ3n) is 3.45. The number of hydrogen-bond donors (Lipinski definition) is 1. The van der Waals surface area contributed by atoms with E-state index in [9.17, 15) is 4.79 Å². The fraction of sp³-hybridized carbons (Fsp3) is 0.357. The molecule has 1 saturated heterocycles. The lowest BCUT2D eigenvalue weighted by molar-refractivity contribution is 0.0902. The van der Waals surface area contributed by atoms with Gasteiger partial charge in [-0.2, -0.15) is 0 Å². The average Bonchev–Trinajstić information content (AvgIpc) is 3.06. The molecule has 2 heterocycles. The molecule has 2 aromatic rings. The molecule has 0 saturated carbocycles. The second kappa shape index (κ2) is 4.46. The molecule has 1 aliphatic heterocycles. The van der Waals surface area contributed by atoms with E-state index in [1.807, 2.05) is 18.2 Å². The Morgan fingerprint density at radius 3 is 3.11 bits per heavy atom. The summed E-state index contributed by atoms with van der Waals surface area (Å²) in [4.78, 5) is 15.6. The van der Waals surface area contributed by atoms with Gasteiger partial charge in [-0.1, -0.05) is 6.07 Å². The number of methoxy groups -OCH3 is 1. The number of rotatable bonds is 3. The molecule has 0 radical (unpaired) electrons. The number of carbonyl (C=O) groups excluding carboxylic acids is 1. The molecule has 1 unspecified atom stereocenters.